The SMILES string of the molecule is CCC(N)c1cccnc1[N+](=O)[O-]. The normalized spacial score (nSPS) is 12.5. The van der Waals surface area contributed by atoms with E-state index in [4.69, 9.17) is 5.73 Å². The maximum absolute atomic E-state index is 10.5. The molecule has 0 saturated heterocycles. The second-order valence-electron chi connectivity index (χ2n) is 2.69. The van der Waals surface area contributed by atoms with Crippen LogP contribution in [0.25, 0.3) is 0 Å². The van der Waals surface area contributed by atoms with E-state index in [9.17, 15) is 10.1 Å². The molecule has 5 nitrogen and oxygen atoms in total. The quantitative estimate of drug-likeness (QED) is 0.564. The minimum Gasteiger partial charge on any atom is -0.358 e. The van der Waals surface area contributed by atoms with E-state index in [1.807, 2.05) is 6.92 Å². The van der Waals surface area contributed by atoms with Crippen LogP contribution in [0.3, 0.4) is 0 Å². The highest BCUT2D eigenvalue weighted by Gasteiger charge is 2.18. The van der Waals surface area contributed by atoms with E-state index in [2.05, 4.69) is 4.98 Å². The fourth-order valence-electron chi connectivity index (χ4n) is 1.07. The van der Waals surface area contributed by atoms with Crippen molar-refractivity contribution in [3.05, 3.63) is 34.0 Å². The topological polar surface area (TPSA) is 82.0 Å². The Bertz CT molecular complexity index is 314. The van der Waals surface area contributed by atoms with Gasteiger partial charge in [0.25, 0.3) is 0 Å². The third kappa shape index (κ3) is 2.00. The number of nitrogens with zero attached hydrogens (tertiary/aromatic N) is 2. The van der Waals surface area contributed by atoms with Crippen molar-refractivity contribution in [1.29, 1.82) is 0 Å². The van der Waals surface area contributed by atoms with Crippen LogP contribution in [0.5, 0.6) is 0 Å². The molecule has 13 heavy (non-hydrogen) atoms. The monoisotopic (exact) mass is 181 g/mol. The van der Waals surface area contributed by atoms with E-state index in [-0.39, 0.29) is 11.9 Å². The average Bonchev–Trinajstić information content (AvgIpc) is 2.16. The molecule has 1 aromatic rings. The molecule has 1 rings (SSSR count). The summed E-state index contributed by atoms with van der Waals surface area (Å²) in [6.07, 6.45) is 2.05. The van der Waals surface area contributed by atoms with Crippen LogP contribution in [-0.4, -0.2) is 9.91 Å². The maximum atomic E-state index is 10.5. The summed E-state index contributed by atoms with van der Waals surface area (Å²) in [5.41, 5.74) is 6.18. The summed E-state index contributed by atoms with van der Waals surface area (Å²) in [5, 5.41) is 10.5. The molecule has 0 aliphatic heterocycles. The van der Waals surface area contributed by atoms with Crippen LogP contribution in [0.15, 0.2) is 18.3 Å². The molecule has 0 fully saturated rings. The molecule has 0 saturated carbocycles. The highest BCUT2D eigenvalue weighted by atomic mass is 16.6. The predicted octanol–water partition coefficient (Wildman–Crippen LogP) is 1.40. The minimum atomic E-state index is -0.509. The van der Waals surface area contributed by atoms with Gasteiger partial charge in [-0.05, 0) is 28.5 Å². The summed E-state index contributed by atoms with van der Waals surface area (Å²) in [5.74, 6) is -0.142. The fraction of sp³-hybridized carbons (Fsp3) is 0.375. The van der Waals surface area contributed by atoms with Crippen molar-refractivity contribution < 1.29 is 4.92 Å². The lowest BCUT2D eigenvalue weighted by Gasteiger charge is -2.07. The Balaban J connectivity index is 3.11. The number of hydrogen-bond donors (Lipinski definition) is 1. The van der Waals surface area contributed by atoms with Crippen molar-refractivity contribution in [3.8, 4) is 0 Å². The summed E-state index contributed by atoms with van der Waals surface area (Å²) in [6.45, 7) is 1.88. The van der Waals surface area contributed by atoms with Gasteiger partial charge in [0, 0.05) is 6.04 Å². The molecule has 0 amide bonds. The van der Waals surface area contributed by atoms with Crippen LogP contribution in [-0.2, 0) is 0 Å². The predicted molar refractivity (Wildman–Crippen MR) is 48.1 cm³/mol. The Morgan fingerprint density at radius 2 is 2.46 bits per heavy atom. The third-order valence-corrected chi connectivity index (χ3v) is 1.83. The number of aromatic nitrogens is 1. The molecule has 0 aliphatic carbocycles. The zero-order valence-electron chi connectivity index (χ0n) is 7.30. The first-order valence-electron chi connectivity index (χ1n) is 4.01. The van der Waals surface area contributed by atoms with Crippen LogP contribution in [0, 0.1) is 10.1 Å². The van der Waals surface area contributed by atoms with Crippen molar-refractivity contribution in [3.63, 3.8) is 0 Å². The Labute approximate surface area is 75.7 Å². The molecular weight excluding hydrogens is 170 g/mol. The standard InChI is InChI=1S/C8H11N3O2/c1-2-7(9)6-4-3-5-10-8(6)11(12)13/h3-5,7H,2,9H2,1H3. The van der Waals surface area contributed by atoms with Crippen LogP contribution in [0.4, 0.5) is 5.82 Å². The second-order valence-corrected chi connectivity index (χ2v) is 2.69. The van der Waals surface area contributed by atoms with Crippen LogP contribution < -0.4 is 5.73 Å². The third-order valence-electron chi connectivity index (χ3n) is 1.83. The first-order chi connectivity index (χ1) is 6.16. The number of nitrogens with two attached hydrogens (primary N) is 1. The highest BCUT2D eigenvalue weighted by Crippen LogP contribution is 2.22. The number of nitro groups is 1. The lowest BCUT2D eigenvalue weighted by molar-refractivity contribution is -0.390. The van der Waals surface area contributed by atoms with E-state index in [0.717, 1.165) is 0 Å². The van der Waals surface area contributed by atoms with Gasteiger partial charge in [0.15, 0.2) is 0 Å². The second kappa shape index (κ2) is 3.95. The summed E-state index contributed by atoms with van der Waals surface area (Å²) >= 11 is 0. The van der Waals surface area contributed by atoms with Crippen molar-refractivity contribution in [1.82, 2.24) is 4.98 Å². The molecule has 5 heteroatoms. The van der Waals surface area contributed by atoms with E-state index >= 15 is 0 Å². The van der Waals surface area contributed by atoms with Gasteiger partial charge < -0.3 is 15.8 Å². The molecular formula is C8H11N3O2. The van der Waals surface area contributed by atoms with Crippen LogP contribution in [0.2, 0.25) is 0 Å². The molecule has 0 spiro atoms. The largest absolute Gasteiger partial charge is 0.368 e. The molecule has 1 aromatic heterocycles. The fourth-order valence-corrected chi connectivity index (χ4v) is 1.07. The van der Waals surface area contributed by atoms with Crippen LogP contribution in [0.1, 0.15) is 24.9 Å². The molecule has 70 valence electrons. The van der Waals surface area contributed by atoms with Crippen molar-refractivity contribution in [2.75, 3.05) is 0 Å². The van der Waals surface area contributed by atoms with Gasteiger partial charge in [0.1, 0.15) is 6.20 Å². The van der Waals surface area contributed by atoms with E-state index in [1.165, 1.54) is 6.20 Å². The van der Waals surface area contributed by atoms with Crippen LogP contribution >= 0.6 is 0 Å². The molecule has 0 bridgehead atoms. The number of pyridine rings is 1. The van der Waals surface area contributed by atoms with Crippen molar-refractivity contribution in [2.45, 2.75) is 19.4 Å². The summed E-state index contributed by atoms with van der Waals surface area (Å²) in [4.78, 5) is 13.7. The molecule has 1 heterocycles. The Kier molecular flexibility index (Phi) is 2.92. The number of rotatable bonds is 3. The van der Waals surface area contributed by atoms with Gasteiger partial charge >= 0.3 is 5.82 Å². The first kappa shape index (κ1) is 9.60. The summed E-state index contributed by atoms with van der Waals surface area (Å²) in [6, 6.07) is 2.98. The maximum Gasteiger partial charge on any atom is 0.368 e. The van der Waals surface area contributed by atoms with Crippen molar-refractivity contribution >= 4 is 5.82 Å². The van der Waals surface area contributed by atoms with Gasteiger partial charge in [-0.25, -0.2) is 0 Å². The molecule has 0 radical (unpaired) electrons. The van der Waals surface area contributed by atoms with Gasteiger partial charge in [0.2, 0.25) is 0 Å². The van der Waals surface area contributed by atoms with Gasteiger partial charge in [-0.15, -0.1) is 0 Å². The van der Waals surface area contributed by atoms with E-state index in [1.54, 1.807) is 12.1 Å². The Morgan fingerprint density at radius 3 is 3.00 bits per heavy atom. The Morgan fingerprint density at radius 1 is 1.77 bits per heavy atom. The molecule has 1 unspecified atom stereocenters. The smallest absolute Gasteiger partial charge is 0.358 e. The zero-order chi connectivity index (χ0) is 9.84. The minimum absolute atomic E-state index is 0.142. The molecule has 1 atom stereocenters. The molecule has 2 N–H and O–H groups in total. The van der Waals surface area contributed by atoms with Gasteiger partial charge in [-0.2, -0.15) is 0 Å². The van der Waals surface area contributed by atoms with Gasteiger partial charge in [-0.1, -0.05) is 6.92 Å². The first-order valence-corrected chi connectivity index (χ1v) is 4.01. The Hall–Kier alpha value is -1.49. The zero-order valence-corrected chi connectivity index (χ0v) is 7.30. The molecule has 0 aliphatic rings. The van der Waals surface area contributed by atoms with Crippen molar-refractivity contribution in [2.24, 2.45) is 5.73 Å². The number of hydrogen-bond acceptors (Lipinski definition) is 4. The van der Waals surface area contributed by atoms with E-state index in [0.29, 0.717) is 12.0 Å². The average molecular weight is 181 g/mol. The lowest BCUT2D eigenvalue weighted by Crippen LogP contribution is -2.11. The lowest BCUT2D eigenvalue weighted by atomic mass is 10.1. The molecule has 0 aromatic carbocycles. The highest BCUT2D eigenvalue weighted by molar-refractivity contribution is 5.34. The summed E-state index contributed by atoms with van der Waals surface area (Å²) in [7, 11) is 0. The van der Waals surface area contributed by atoms with Gasteiger partial charge in [-0.3, -0.25) is 0 Å². The van der Waals surface area contributed by atoms with Gasteiger partial charge in [0.05, 0.1) is 5.56 Å². The summed E-state index contributed by atoms with van der Waals surface area (Å²) < 4.78 is 0. The van der Waals surface area contributed by atoms with E-state index < -0.39 is 4.92 Å².